The van der Waals surface area contributed by atoms with Gasteiger partial charge in [0, 0.05) is 25.3 Å². The van der Waals surface area contributed by atoms with Crippen LogP contribution in [0.5, 0.6) is 0 Å². The summed E-state index contributed by atoms with van der Waals surface area (Å²) in [5.41, 5.74) is -0.0897. The highest BCUT2D eigenvalue weighted by Crippen LogP contribution is 2.42. The molecule has 1 unspecified atom stereocenters. The Morgan fingerprint density at radius 2 is 2.18 bits per heavy atom. The van der Waals surface area contributed by atoms with Crippen LogP contribution in [0.3, 0.4) is 0 Å². The Balaban J connectivity index is 2.25. The minimum atomic E-state index is -4.16. The Morgan fingerprint density at radius 3 is 2.77 bits per heavy atom. The standard InChI is InChI=1S/C13H22N3O5P/c1-2-3-4-6-15-7-5-10(9-22(19,20)21)16-8-11(12(17)18)14-13(15)16/h8,10H,2-7,9H2,1H3,(H,17,18)(H2,19,20,21). The average molecular weight is 331 g/mol. The van der Waals surface area contributed by atoms with Gasteiger partial charge in [-0.25, -0.2) is 9.78 Å². The van der Waals surface area contributed by atoms with Gasteiger partial charge in [0.15, 0.2) is 5.69 Å². The maximum absolute atomic E-state index is 11.3. The minimum Gasteiger partial charge on any atom is -0.476 e. The number of hydrogen-bond donors (Lipinski definition) is 3. The van der Waals surface area contributed by atoms with Crippen LogP contribution in [0, 0.1) is 0 Å². The van der Waals surface area contributed by atoms with Gasteiger partial charge in [0.25, 0.3) is 0 Å². The summed E-state index contributed by atoms with van der Waals surface area (Å²) < 4.78 is 12.9. The molecule has 1 atom stereocenters. The number of nitrogens with zero attached hydrogens (tertiary/aromatic N) is 3. The molecule has 0 aromatic carbocycles. The molecule has 1 aliphatic heterocycles. The molecule has 2 heterocycles. The highest BCUT2D eigenvalue weighted by atomic mass is 31.2. The smallest absolute Gasteiger partial charge is 0.356 e. The number of carboxylic acid groups (broad SMARTS) is 1. The van der Waals surface area contributed by atoms with Crippen LogP contribution in [0.2, 0.25) is 0 Å². The maximum Gasteiger partial charge on any atom is 0.356 e. The molecule has 1 aromatic rings. The molecule has 22 heavy (non-hydrogen) atoms. The molecule has 1 aromatic heterocycles. The minimum absolute atomic E-state index is 0.0897. The third-order valence-electron chi connectivity index (χ3n) is 3.82. The molecular weight excluding hydrogens is 309 g/mol. The van der Waals surface area contributed by atoms with Crippen molar-refractivity contribution in [2.24, 2.45) is 0 Å². The number of aromatic nitrogens is 2. The number of anilines is 1. The normalized spacial score (nSPS) is 18.3. The van der Waals surface area contributed by atoms with Gasteiger partial charge in [0.2, 0.25) is 5.95 Å². The van der Waals surface area contributed by atoms with Crippen LogP contribution in [0.25, 0.3) is 0 Å². The molecule has 124 valence electrons. The van der Waals surface area contributed by atoms with E-state index in [2.05, 4.69) is 11.9 Å². The molecule has 8 nitrogen and oxygen atoms in total. The molecule has 0 radical (unpaired) electrons. The van der Waals surface area contributed by atoms with E-state index in [1.807, 2.05) is 4.90 Å². The quantitative estimate of drug-likeness (QED) is 0.514. The van der Waals surface area contributed by atoms with Crippen LogP contribution in [0.4, 0.5) is 5.95 Å². The lowest BCUT2D eigenvalue weighted by Gasteiger charge is -2.34. The van der Waals surface area contributed by atoms with Crippen molar-refractivity contribution in [3.63, 3.8) is 0 Å². The van der Waals surface area contributed by atoms with Crippen LogP contribution in [-0.2, 0) is 4.57 Å². The Hall–Kier alpha value is -1.37. The predicted molar refractivity (Wildman–Crippen MR) is 81.5 cm³/mol. The summed E-state index contributed by atoms with van der Waals surface area (Å²) in [6, 6.07) is -0.418. The number of fused-ring (bicyclic) bond motifs is 1. The number of carbonyl (C=O) groups is 1. The first-order valence-corrected chi connectivity index (χ1v) is 9.23. The van der Waals surface area contributed by atoms with Gasteiger partial charge in [-0.1, -0.05) is 19.8 Å². The van der Waals surface area contributed by atoms with Gasteiger partial charge in [-0.15, -0.1) is 0 Å². The number of hydrogen-bond acceptors (Lipinski definition) is 4. The van der Waals surface area contributed by atoms with Crippen molar-refractivity contribution in [2.75, 3.05) is 24.2 Å². The molecule has 0 bridgehead atoms. The highest BCUT2D eigenvalue weighted by Gasteiger charge is 2.32. The van der Waals surface area contributed by atoms with Gasteiger partial charge in [0.1, 0.15) is 0 Å². The monoisotopic (exact) mass is 331 g/mol. The van der Waals surface area contributed by atoms with Gasteiger partial charge in [-0.3, -0.25) is 4.57 Å². The third kappa shape index (κ3) is 4.09. The van der Waals surface area contributed by atoms with Crippen LogP contribution in [-0.4, -0.2) is 49.7 Å². The van der Waals surface area contributed by atoms with E-state index < -0.39 is 19.6 Å². The highest BCUT2D eigenvalue weighted by molar-refractivity contribution is 7.51. The van der Waals surface area contributed by atoms with E-state index in [1.165, 1.54) is 6.20 Å². The van der Waals surface area contributed by atoms with Gasteiger partial charge in [-0.05, 0) is 12.8 Å². The average Bonchev–Trinajstić information content (AvgIpc) is 2.85. The van der Waals surface area contributed by atoms with Gasteiger partial charge >= 0.3 is 13.6 Å². The van der Waals surface area contributed by atoms with Crippen LogP contribution in [0.1, 0.15) is 49.1 Å². The van der Waals surface area contributed by atoms with Crippen molar-refractivity contribution >= 4 is 19.5 Å². The van der Waals surface area contributed by atoms with Gasteiger partial charge in [0.05, 0.1) is 6.16 Å². The second kappa shape index (κ2) is 6.81. The van der Waals surface area contributed by atoms with Gasteiger partial charge in [-0.2, -0.15) is 0 Å². The first-order chi connectivity index (χ1) is 10.3. The number of unbranched alkanes of at least 4 members (excludes halogenated alkanes) is 2. The summed E-state index contributed by atoms with van der Waals surface area (Å²) in [6.07, 6.45) is 4.80. The Bertz CT molecular complexity index is 582. The Labute approximate surface area is 128 Å². The number of rotatable bonds is 7. The molecule has 0 amide bonds. The largest absolute Gasteiger partial charge is 0.476 e. The fourth-order valence-corrected chi connectivity index (χ4v) is 3.66. The number of imidazole rings is 1. The summed E-state index contributed by atoms with van der Waals surface area (Å²) >= 11 is 0. The summed E-state index contributed by atoms with van der Waals surface area (Å²) in [4.78, 5) is 35.7. The van der Waals surface area contributed by atoms with Crippen molar-refractivity contribution in [1.82, 2.24) is 9.55 Å². The van der Waals surface area contributed by atoms with E-state index in [9.17, 15) is 19.1 Å². The molecule has 0 fully saturated rings. The SMILES string of the molecule is CCCCCN1CCC(CP(=O)(O)O)n2cc(C(=O)O)nc21. The second-order valence-corrected chi connectivity index (χ2v) is 7.32. The lowest BCUT2D eigenvalue weighted by atomic mass is 10.1. The van der Waals surface area contributed by atoms with Crippen molar-refractivity contribution in [3.8, 4) is 0 Å². The topological polar surface area (TPSA) is 116 Å². The maximum atomic E-state index is 11.3. The molecule has 1 aliphatic rings. The molecule has 0 saturated carbocycles. The summed E-state index contributed by atoms with van der Waals surface area (Å²) in [6.45, 7) is 3.51. The molecule has 2 rings (SSSR count). The zero-order chi connectivity index (χ0) is 16.3. The van der Waals surface area contributed by atoms with E-state index >= 15 is 0 Å². The van der Waals surface area contributed by atoms with E-state index in [0.717, 1.165) is 25.8 Å². The second-order valence-electron chi connectivity index (χ2n) is 5.62. The predicted octanol–water partition coefficient (Wildman–Crippen LogP) is 1.70. The van der Waals surface area contributed by atoms with Crippen LogP contribution < -0.4 is 4.90 Å². The lowest BCUT2D eigenvalue weighted by molar-refractivity contribution is 0.0691. The van der Waals surface area contributed by atoms with Crippen molar-refractivity contribution in [3.05, 3.63) is 11.9 Å². The summed E-state index contributed by atoms with van der Waals surface area (Å²) in [7, 11) is -4.16. The van der Waals surface area contributed by atoms with Crippen LogP contribution >= 0.6 is 7.60 Å². The van der Waals surface area contributed by atoms with Crippen molar-refractivity contribution < 1.29 is 24.3 Å². The lowest BCUT2D eigenvalue weighted by Crippen LogP contribution is -2.36. The van der Waals surface area contributed by atoms with E-state index in [1.54, 1.807) is 4.57 Å². The summed E-state index contributed by atoms with van der Waals surface area (Å²) in [5, 5.41) is 9.11. The molecule has 3 N–H and O–H groups in total. The summed E-state index contributed by atoms with van der Waals surface area (Å²) in [5.74, 6) is -0.636. The first-order valence-electron chi connectivity index (χ1n) is 7.43. The van der Waals surface area contributed by atoms with E-state index in [0.29, 0.717) is 18.9 Å². The Morgan fingerprint density at radius 1 is 1.45 bits per heavy atom. The molecule has 0 spiro atoms. The zero-order valence-corrected chi connectivity index (χ0v) is 13.4. The molecule has 0 saturated heterocycles. The van der Waals surface area contributed by atoms with Gasteiger partial charge < -0.3 is 24.4 Å². The van der Waals surface area contributed by atoms with Crippen molar-refractivity contribution in [2.45, 2.75) is 38.6 Å². The molecule has 9 heteroatoms. The first kappa shape index (κ1) is 17.0. The Kier molecular flexibility index (Phi) is 5.26. The van der Waals surface area contributed by atoms with Crippen LogP contribution in [0.15, 0.2) is 6.20 Å². The third-order valence-corrected chi connectivity index (χ3v) is 4.72. The number of carboxylic acids is 1. The zero-order valence-electron chi connectivity index (χ0n) is 12.6. The van der Waals surface area contributed by atoms with Crippen molar-refractivity contribution in [1.29, 1.82) is 0 Å². The number of aromatic carboxylic acids is 1. The van der Waals surface area contributed by atoms with E-state index in [-0.39, 0.29) is 11.9 Å². The van der Waals surface area contributed by atoms with E-state index in [4.69, 9.17) is 5.11 Å². The molecule has 0 aliphatic carbocycles. The fourth-order valence-electron chi connectivity index (χ4n) is 2.75. The molecular formula is C13H22N3O5P. The fraction of sp³-hybridized carbons (Fsp3) is 0.692.